The Morgan fingerprint density at radius 1 is 0.941 bits per heavy atom. The lowest BCUT2D eigenvalue weighted by atomic mass is 10.00. The maximum atomic E-state index is 13.7. The molecule has 1 aromatic heterocycles. The lowest BCUT2D eigenvalue weighted by Crippen LogP contribution is -2.36. The number of halogens is 3. The molecule has 2 atom stereocenters. The summed E-state index contributed by atoms with van der Waals surface area (Å²) in [5.74, 6) is -3.25. The topological polar surface area (TPSA) is 241 Å². The monoisotopic (exact) mass is 757 g/mol. The number of ether oxygens (including phenoxy) is 1. The van der Waals surface area contributed by atoms with Crippen LogP contribution in [-0.2, 0) is 39.6 Å². The number of nitrogens with zero attached hydrogens (tertiary/aromatic N) is 5. The first kappa shape index (κ1) is 38.6. The van der Waals surface area contributed by atoms with Crippen molar-refractivity contribution in [1.82, 2.24) is 15.0 Å². The normalized spacial score (nSPS) is 13.6. The fourth-order valence-electron chi connectivity index (χ4n) is 4.64. The van der Waals surface area contributed by atoms with E-state index in [1.807, 2.05) is 0 Å². The van der Waals surface area contributed by atoms with Crippen molar-refractivity contribution in [3.8, 4) is 11.8 Å². The molecule has 1 heterocycles. The van der Waals surface area contributed by atoms with Crippen LogP contribution in [0.2, 0.25) is 0 Å². The predicted octanol–water partition coefficient (Wildman–Crippen LogP) is 5.50. The van der Waals surface area contributed by atoms with Gasteiger partial charge >= 0.3 is 18.2 Å². The molecule has 2 unspecified atom stereocenters. The van der Waals surface area contributed by atoms with Gasteiger partial charge in [0, 0.05) is 5.39 Å². The van der Waals surface area contributed by atoms with Crippen LogP contribution < -0.4 is 15.4 Å². The second-order valence-corrected chi connectivity index (χ2v) is 13.9. The van der Waals surface area contributed by atoms with E-state index in [2.05, 4.69) is 44.2 Å². The van der Waals surface area contributed by atoms with E-state index in [1.54, 1.807) is 13.8 Å². The minimum absolute atomic E-state index is 0.207. The summed E-state index contributed by atoms with van der Waals surface area (Å²) in [7, 11) is -6.70. The first-order valence-electron chi connectivity index (χ1n) is 14.5. The largest absolute Gasteiger partial charge is 0.505 e. The Bertz CT molecular complexity index is 2220. The van der Waals surface area contributed by atoms with Gasteiger partial charge in [0.1, 0.15) is 21.5 Å². The van der Waals surface area contributed by atoms with E-state index in [9.17, 15) is 45.0 Å². The van der Waals surface area contributed by atoms with E-state index in [0.29, 0.717) is 12.5 Å². The Labute approximate surface area is 288 Å². The van der Waals surface area contributed by atoms with E-state index < -0.39 is 81.7 Å². The molecule has 0 spiro atoms. The molecule has 0 aliphatic rings. The summed E-state index contributed by atoms with van der Waals surface area (Å²) >= 11 is 0. The van der Waals surface area contributed by atoms with E-state index in [4.69, 9.17) is 4.74 Å². The highest BCUT2D eigenvalue weighted by Crippen LogP contribution is 2.47. The second-order valence-electron chi connectivity index (χ2n) is 10.5. The first-order chi connectivity index (χ1) is 23.9. The van der Waals surface area contributed by atoms with Gasteiger partial charge in [0.25, 0.3) is 20.2 Å². The van der Waals surface area contributed by atoms with Crippen LogP contribution in [0.4, 0.5) is 42.1 Å². The minimum atomic E-state index is -4.89. The molecule has 0 bridgehead atoms. The van der Waals surface area contributed by atoms with Gasteiger partial charge in [-0.15, -0.1) is 10.2 Å². The zero-order valence-electron chi connectivity index (χ0n) is 27.3. The number of hydrogen-bond donors (Lipinski definition) is 4. The number of rotatable bonds is 14. The quantitative estimate of drug-likeness (QED) is 0.0917. The molecule has 0 radical (unpaired) electrons. The number of carbonyl (C=O) groups is 1. The molecular formula is C29H30F3N7O10S2. The maximum absolute atomic E-state index is 13.7. The van der Waals surface area contributed by atoms with Crippen molar-refractivity contribution >= 4 is 65.9 Å². The van der Waals surface area contributed by atoms with Crippen molar-refractivity contribution in [2.24, 2.45) is 16.1 Å². The van der Waals surface area contributed by atoms with Gasteiger partial charge in [0.2, 0.25) is 11.9 Å². The van der Waals surface area contributed by atoms with E-state index in [-0.39, 0.29) is 29.5 Å². The van der Waals surface area contributed by atoms with Crippen LogP contribution in [0.15, 0.2) is 62.5 Å². The number of aromatic hydroxyl groups is 1. The number of methoxy groups -OCH3 is 1. The molecule has 4 rings (SSSR count). The molecule has 17 nitrogen and oxygen atoms in total. The third kappa shape index (κ3) is 8.24. The van der Waals surface area contributed by atoms with Crippen LogP contribution in [0.1, 0.15) is 25.8 Å². The average molecular weight is 758 g/mol. The fraction of sp³-hybridized carbons (Fsp3) is 0.310. The summed E-state index contributed by atoms with van der Waals surface area (Å²) in [6, 6.07) is 5.37. The molecule has 4 aromatic rings. The summed E-state index contributed by atoms with van der Waals surface area (Å²) in [5, 5.41) is 33.1. The Kier molecular flexibility index (Phi) is 11.3. The molecule has 0 saturated carbocycles. The van der Waals surface area contributed by atoms with Gasteiger partial charge in [0.05, 0.1) is 43.7 Å². The molecule has 0 aliphatic heterocycles. The molecule has 0 amide bonds. The Balaban J connectivity index is 2.03. The summed E-state index contributed by atoms with van der Waals surface area (Å²) < 4.78 is 107. The van der Waals surface area contributed by atoms with Gasteiger partial charge in [-0.2, -0.15) is 45.0 Å². The number of alkyl halides is 3. The van der Waals surface area contributed by atoms with Gasteiger partial charge in [0.15, 0.2) is 5.75 Å². The number of hydrogen-bond acceptors (Lipinski definition) is 16. The number of nitrogens with one attached hydrogen (secondary N) is 2. The van der Waals surface area contributed by atoms with E-state index in [0.717, 1.165) is 44.6 Å². The molecule has 0 aliphatic carbocycles. The summed E-state index contributed by atoms with van der Waals surface area (Å²) in [4.78, 5) is 22.6. The summed E-state index contributed by atoms with van der Waals surface area (Å²) in [5.41, 5.74) is -3.10. The van der Waals surface area contributed by atoms with Crippen LogP contribution >= 0.6 is 0 Å². The highest BCUT2D eigenvalue weighted by atomic mass is 32.2. The maximum Gasteiger partial charge on any atom is 0.418 e. The van der Waals surface area contributed by atoms with Crippen LogP contribution in [0.25, 0.3) is 10.8 Å². The van der Waals surface area contributed by atoms with Crippen molar-refractivity contribution in [1.29, 1.82) is 0 Å². The van der Waals surface area contributed by atoms with Crippen LogP contribution in [-0.4, -0.2) is 75.3 Å². The van der Waals surface area contributed by atoms with E-state index in [1.165, 1.54) is 13.2 Å². The summed E-state index contributed by atoms with van der Waals surface area (Å²) in [6.07, 6.45) is -4.41. The van der Waals surface area contributed by atoms with Gasteiger partial charge in [-0.25, -0.2) is 4.79 Å². The highest BCUT2D eigenvalue weighted by molar-refractivity contribution is 7.87. The lowest BCUT2D eigenvalue weighted by Gasteiger charge is -2.20. The van der Waals surface area contributed by atoms with Gasteiger partial charge < -0.3 is 25.6 Å². The fourth-order valence-corrected chi connectivity index (χ4v) is 6.30. The van der Waals surface area contributed by atoms with Crippen LogP contribution in [0.3, 0.4) is 0 Å². The molecule has 3 aromatic carbocycles. The minimum Gasteiger partial charge on any atom is -0.505 e. The van der Waals surface area contributed by atoms with Crippen LogP contribution in [0.5, 0.6) is 11.8 Å². The zero-order valence-corrected chi connectivity index (χ0v) is 28.9. The van der Waals surface area contributed by atoms with Gasteiger partial charge in [-0.3, -0.25) is 8.37 Å². The zero-order chi connectivity index (χ0) is 37.9. The Morgan fingerprint density at radius 2 is 1.57 bits per heavy atom. The third-order valence-corrected chi connectivity index (χ3v) is 10.0. The van der Waals surface area contributed by atoms with Crippen LogP contribution in [0, 0.1) is 5.92 Å². The van der Waals surface area contributed by atoms with Crippen molar-refractivity contribution in [3.63, 3.8) is 0 Å². The number of phenols is 1. The lowest BCUT2D eigenvalue weighted by molar-refractivity contribution is -0.139. The summed E-state index contributed by atoms with van der Waals surface area (Å²) in [6.45, 7) is 3.46. The number of aliphatic carboxylic acids is 1. The third-order valence-electron chi connectivity index (χ3n) is 7.43. The Morgan fingerprint density at radius 3 is 2.16 bits per heavy atom. The van der Waals surface area contributed by atoms with Gasteiger partial charge in [-0.1, -0.05) is 32.4 Å². The molecule has 4 N–H and O–H groups in total. The standard InChI is InChI=1S/C29H30F3N7O10S2/c1-6-14(2)22(25(41)42)34-27-35-26(36-28(37-27)47-3)33-18-11-12-19(50(43,44)48-4)15-13-20(51(45,46)49-5)23(24(40)21(15)18)39-38-17-10-8-7-9-16(17)29(30,31)32/h7-14,22,40H,6H2,1-5H3,(H,41,42)(H2,33,34,35,36,37). The van der Waals surface area contributed by atoms with E-state index >= 15 is 0 Å². The predicted molar refractivity (Wildman–Crippen MR) is 174 cm³/mol. The number of fused-ring (bicyclic) bond motifs is 1. The molecular weight excluding hydrogens is 727 g/mol. The van der Waals surface area contributed by atoms with Gasteiger partial charge in [-0.05, 0) is 36.2 Å². The highest BCUT2D eigenvalue weighted by Gasteiger charge is 2.34. The molecule has 51 heavy (non-hydrogen) atoms. The number of carboxylic acids is 1. The number of anilines is 3. The number of aromatic nitrogens is 3. The van der Waals surface area contributed by atoms with Crippen molar-refractivity contribution in [2.45, 2.75) is 42.3 Å². The number of azo groups is 1. The van der Waals surface area contributed by atoms with Crippen molar-refractivity contribution < 1.29 is 58.1 Å². The number of phenolic OH excluding ortho intramolecular Hbond substituents is 1. The van der Waals surface area contributed by atoms with Crippen molar-refractivity contribution in [2.75, 3.05) is 32.0 Å². The number of benzene rings is 3. The Hall–Kier alpha value is -5.19. The van der Waals surface area contributed by atoms with Crippen molar-refractivity contribution in [3.05, 3.63) is 48.0 Å². The SMILES string of the molecule is CCC(C)C(Nc1nc(Nc2ccc(S(=O)(=O)OC)c3cc(S(=O)(=O)OC)c(N=Nc4ccccc4C(F)(F)F)c(O)c23)nc(OC)n1)C(=O)O. The molecule has 22 heteroatoms. The number of carboxylic acid groups (broad SMARTS) is 1. The average Bonchev–Trinajstić information content (AvgIpc) is 3.08. The first-order valence-corrected chi connectivity index (χ1v) is 17.3. The second kappa shape index (κ2) is 15.0. The molecule has 0 saturated heterocycles. The molecule has 274 valence electrons. The molecule has 0 fully saturated rings. The smallest absolute Gasteiger partial charge is 0.418 e.